The summed E-state index contributed by atoms with van der Waals surface area (Å²) in [7, 11) is -3.68. The molecule has 1 aliphatic carbocycles. The highest BCUT2D eigenvalue weighted by Gasteiger charge is 2.31. The first kappa shape index (κ1) is 20.0. The molecule has 0 unspecified atom stereocenters. The number of hydrogen-bond acceptors (Lipinski definition) is 7. The summed E-state index contributed by atoms with van der Waals surface area (Å²) in [5.74, 6) is -0.344. The molecule has 152 valence electrons. The fourth-order valence-corrected chi connectivity index (χ4v) is 7.35. The quantitative estimate of drug-likeness (QED) is 0.741. The first-order valence-corrected chi connectivity index (χ1v) is 12.6. The van der Waals surface area contributed by atoms with Crippen molar-refractivity contribution in [3.8, 4) is 0 Å². The molecule has 1 amide bonds. The summed E-state index contributed by atoms with van der Waals surface area (Å²) >= 11 is 2.89. The first-order chi connectivity index (χ1) is 13.6. The van der Waals surface area contributed by atoms with Gasteiger partial charge in [-0.3, -0.25) is 4.79 Å². The summed E-state index contributed by atoms with van der Waals surface area (Å²) in [5, 5.41) is 5.55. The molecule has 4 rings (SSSR count). The summed E-state index contributed by atoms with van der Waals surface area (Å²) < 4.78 is 32.4. The predicted octanol–water partition coefficient (Wildman–Crippen LogP) is 2.08. The fraction of sp³-hybridized carbons (Fsp3) is 0.556. The van der Waals surface area contributed by atoms with Crippen LogP contribution in [0.25, 0.3) is 0 Å². The Kier molecular flexibility index (Phi) is 6.12. The number of thiophene rings is 1. The molecule has 0 radical (unpaired) electrons. The van der Waals surface area contributed by atoms with Crippen molar-refractivity contribution in [3.63, 3.8) is 0 Å². The average Bonchev–Trinajstić information content (AvgIpc) is 3.35. The van der Waals surface area contributed by atoms with Crippen LogP contribution in [0.3, 0.4) is 0 Å². The van der Waals surface area contributed by atoms with Gasteiger partial charge in [0, 0.05) is 30.9 Å². The van der Waals surface area contributed by atoms with Crippen molar-refractivity contribution in [3.05, 3.63) is 31.9 Å². The molecule has 1 fully saturated rings. The molecule has 1 aliphatic heterocycles. The van der Waals surface area contributed by atoms with Gasteiger partial charge in [-0.05, 0) is 37.1 Å². The van der Waals surface area contributed by atoms with Crippen LogP contribution in [-0.4, -0.2) is 56.5 Å². The van der Waals surface area contributed by atoms with Gasteiger partial charge in [0.15, 0.2) is 0 Å². The molecule has 0 saturated carbocycles. The Hall–Kier alpha value is -1.33. The molecule has 28 heavy (non-hydrogen) atoms. The number of morpholine rings is 1. The maximum absolute atomic E-state index is 12.9. The number of aryl methyl sites for hydroxylation is 2. The zero-order valence-corrected chi connectivity index (χ0v) is 17.9. The van der Waals surface area contributed by atoms with Crippen LogP contribution < -0.4 is 5.32 Å². The lowest BCUT2D eigenvalue weighted by Crippen LogP contribution is -2.41. The third-order valence-electron chi connectivity index (χ3n) is 4.94. The second-order valence-corrected chi connectivity index (χ2v) is 10.8. The van der Waals surface area contributed by atoms with Crippen molar-refractivity contribution < 1.29 is 17.9 Å². The molecular weight excluding hydrogens is 418 g/mol. The van der Waals surface area contributed by atoms with Crippen molar-refractivity contribution in [1.29, 1.82) is 0 Å². The van der Waals surface area contributed by atoms with E-state index in [4.69, 9.17) is 4.74 Å². The number of carbonyl (C=O) groups excluding carboxylic acids is 1. The summed E-state index contributed by atoms with van der Waals surface area (Å²) in [6.07, 6.45) is 5.25. The largest absolute Gasteiger partial charge is 0.379 e. The number of ether oxygens (including phenoxy) is 1. The van der Waals surface area contributed by atoms with E-state index >= 15 is 0 Å². The van der Waals surface area contributed by atoms with E-state index in [9.17, 15) is 13.2 Å². The van der Waals surface area contributed by atoms with Crippen LogP contribution in [0.5, 0.6) is 0 Å². The Bertz CT molecular complexity index is 922. The fourth-order valence-electron chi connectivity index (χ4n) is 3.47. The van der Waals surface area contributed by atoms with Crippen LogP contribution in [0.15, 0.2) is 16.3 Å². The van der Waals surface area contributed by atoms with Gasteiger partial charge in [-0.25, -0.2) is 13.4 Å². The second kappa shape index (κ2) is 8.58. The Morgan fingerprint density at radius 3 is 2.82 bits per heavy atom. The number of thiazole rings is 1. The monoisotopic (exact) mass is 441 g/mol. The van der Waals surface area contributed by atoms with E-state index in [2.05, 4.69) is 10.3 Å². The van der Waals surface area contributed by atoms with Crippen LogP contribution >= 0.6 is 22.7 Å². The minimum atomic E-state index is -3.68. The number of fused-ring (bicyclic) bond motifs is 1. The van der Waals surface area contributed by atoms with Gasteiger partial charge >= 0.3 is 0 Å². The number of amides is 1. The lowest BCUT2D eigenvalue weighted by Gasteiger charge is -2.26. The molecule has 7 nitrogen and oxygen atoms in total. The van der Waals surface area contributed by atoms with Gasteiger partial charge < -0.3 is 10.1 Å². The van der Waals surface area contributed by atoms with E-state index in [0.717, 1.165) is 29.2 Å². The van der Waals surface area contributed by atoms with Crippen molar-refractivity contribution in [2.24, 2.45) is 0 Å². The zero-order valence-electron chi connectivity index (χ0n) is 15.5. The molecule has 2 aromatic rings. The van der Waals surface area contributed by atoms with Crippen LogP contribution in [-0.2, 0) is 34.0 Å². The van der Waals surface area contributed by atoms with E-state index in [0.29, 0.717) is 39.3 Å². The smallest absolute Gasteiger partial charge is 0.262 e. The molecule has 0 aromatic carbocycles. The zero-order chi connectivity index (χ0) is 19.6. The molecule has 0 spiro atoms. The molecule has 1 N–H and O–H groups in total. The third kappa shape index (κ3) is 4.16. The SMILES string of the molecule is O=C(NCCc1nc2c(s1)CCCC2)c1sccc1S(=O)(=O)N1CCOCC1. The standard InChI is InChI=1S/C18H23N3O4S3/c22-18(19-7-5-16-20-13-3-1-2-4-14(13)27-16)17-15(6-12-26-17)28(23,24)21-8-10-25-11-9-21/h6,12H,1-5,7-11H2,(H,19,22). The van der Waals surface area contributed by atoms with Crippen LogP contribution in [0.2, 0.25) is 0 Å². The Labute approximate surface area is 172 Å². The highest BCUT2D eigenvalue weighted by molar-refractivity contribution is 7.89. The van der Waals surface area contributed by atoms with Gasteiger partial charge in [0.2, 0.25) is 10.0 Å². The van der Waals surface area contributed by atoms with Crippen LogP contribution in [0, 0.1) is 0 Å². The van der Waals surface area contributed by atoms with Gasteiger partial charge in [-0.2, -0.15) is 4.31 Å². The Balaban J connectivity index is 1.39. The lowest BCUT2D eigenvalue weighted by molar-refractivity contribution is 0.0730. The number of nitrogens with one attached hydrogen (secondary N) is 1. The highest BCUT2D eigenvalue weighted by Crippen LogP contribution is 2.27. The van der Waals surface area contributed by atoms with Gasteiger partial charge in [0.05, 0.1) is 23.9 Å². The van der Waals surface area contributed by atoms with Crippen LogP contribution in [0.4, 0.5) is 0 Å². The Morgan fingerprint density at radius 2 is 2.04 bits per heavy atom. The molecule has 1 saturated heterocycles. The van der Waals surface area contributed by atoms with E-state index in [1.807, 2.05) is 0 Å². The van der Waals surface area contributed by atoms with E-state index in [-0.39, 0.29) is 15.7 Å². The van der Waals surface area contributed by atoms with Gasteiger partial charge in [-0.1, -0.05) is 0 Å². The summed E-state index contributed by atoms with van der Waals surface area (Å²) in [4.78, 5) is 19.0. The Morgan fingerprint density at radius 1 is 1.25 bits per heavy atom. The van der Waals surface area contributed by atoms with Gasteiger partial charge in [0.1, 0.15) is 9.77 Å². The summed E-state index contributed by atoms with van der Waals surface area (Å²) in [6.45, 7) is 1.83. The van der Waals surface area contributed by atoms with Crippen molar-refractivity contribution in [2.45, 2.75) is 37.0 Å². The van der Waals surface area contributed by atoms with E-state index in [1.54, 1.807) is 16.7 Å². The molecule has 2 aromatic heterocycles. The summed E-state index contributed by atoms with van der Waals surface area (Å²) in [6, 6.07) is 1.51. The van der Waals surface area contributed by atoms with Crippen LogP contribution in [0.1, 0.15) is 38.1 Å². The lowest BCUT2D eigenvalue weighted by atomic mass is 10.0. The van der Waals surface area contributed by atoms with Crippen molar-refractivity contribution in [1.82, 2.24) is 14.6 Å². The van der Waals surface area contributed by atoms with E-state index < -0.39 is 10.0 Å². The number of nitrogens with zero attached hydrogens (tertiary/aromatic N) is 2. The minimum Gasteiger partial charge on any atom is -0.379 e. The van der Waals surface area contributed by atoms with Gasteiger partial charge in [-0.15, -0.1) is 22.7 Å². The average molecular weight is 442 g/mol. The topological polar surface area (TPSA) is 88.6 Å². The predicted molar refractivity (Wildman–Crippen MR) is 109 cm³/mol. The minimum absolute atomic E-state index is 0.0848. The molecule has 2 aliphatic rings. The first-order valence-electron chi connectivity index (χ1n) is 9.47. The molecule has 10 heteroatoms. The van der Waals surface area contributed by atoms with E-state index in [1.165, 1.54) is 33.8 Å². The number of sulfonamides is 1. The molecule has 3 heterocycles. The number of rotatable bonds is 6. The highest BCUT2D eigenvalue weighted by atomic mass is 32.2. The normalized spacial score (nSPS) is 18.0. The number of aromatic nitrogens is 1. The van der Waals surface area contributed by atoms with Gasteiger partial charge in [0.25, 0.3) is 5.91 Å². The van der Waals surface area contributed by atoms with Crippen molar-refractivity contribution >= 4 is 38.6 Å². The van der Waals surface area contributed by atoms with Crippen molar-refractivity contribution in [2.75, 3.05) is 32.8 Å². The third-order valence-corrected chi connectivity index (χ3v) is 9.14. The second-order valence-electron chi connectivity index (χ2n) is 6.82. The molecule has 0 bridgehead atoms. The number of hydrogen-bond donors (Lipinski definition) is 1. The maximum Gasteiger partial charge on any atom is 0.262 e. The summed E-state index contributed by atoms with van der Waals surface area (Å²) in [5.41, 5.74) is 1.22. The molecular formula is C18H23N3O4S3. The number of carbonyl (C=O) groups is 1. The maximum atomic E-state index is 12.9. The molecule has 0 atom stereocenters.